The summed E-state index contributed by atoms with van der Waals surface area (Å²) < 4.78 is 12.4. The van der Waals surface area contributed by atoms with Gasteiger partial charge >= 0.3 is 6.09 Å². The zero-order valence-electron chi connectivity index (χ0n) is 14.6. The van der Waals surface area contributed by atoms with Gasteiger partial charge in [0.05, 0.1) is 5.02 Å². The summed E-state index contributed by atoms with van der Waals surface area (Å²) in [6.45, 7) is 0.180. The van der Waals surface area contributed by atoms with E-state index in [1.807, 2.05) is 30.3 Å². The van der Waals surface area contributed by atoms with E-state index in [0.717, 1.165) is 5.56 Å². The predicted molar refractivity (Wildman–Crippen MR) is 104 cm³/mol. The number of rotatable bonds is 5. The maximum atomic E-state index is 11.9. The van der Waals surface area contributed by atoms with Crippen molar-refractivity contribution in [3.8, 4) is 17.3 Å². The molecule has 3 aromatic heterocycles. The van der Waals surface area contributed by atoms with Crippen molar-refractivity contribution in [2.45, 2.75) is 6.61 Å². The molecule has 3 heterocycles. The summed E-state index contributed by atoms with van der Waals surface area (Å²) in [7, 11) is 0. The zero-order valence-corrected chi connectivity index (χ0v) is 15.3. The molecule has 8 heteroatoms. The lowest BCUT2D eigenvalue weighted by molar-refractivity contribution is 0.155. The van der Waals surface area contributed by atoms with Crippen LogP contribution in [-0.4, -0.2) is 20.9 Å². The van der Waals surface area contributed by atoms with Crippen molar-refractivity contribution in [2.24, 2.45) is 0 Å². The van der Waals surface area contributed by atoms with Crippen molar-refractivity contribution < 1.29 is 13.9 Å². The third kappa shape index (κ3) is 4.05. The summed E-state index contributed by atoms with van der Waals surface area (Å²) in [5.74, 6) is 1.32. The van der Waals surface area contributed by atoms with E-state index in [2.05, 4.69) is 15.4 Å². The lowest BCUT2D eigenvalue weighted by atomic mass is 10.2. The Labute approximate surface area is 165 Å². The van der Waals surface area contributed by atoms with Crippen molar-refractivity contribution in [3.63, 3.8) is 0 Å². The van der Waals surface area contributed by atoms with Crippen LogP contribution in [0.3, 0.4) is 0 Å². The zero-order chi connectivity index (χ0) is 19.3. The molecule has 4 aromatic rings. The highest BCUT2D eigenvalue weighted by molar-refractivity contribution is 6.32. The number of carbonyl (C=O) groups excluding carboxylic acids is 1. The molecule has 0 aliphatic heterocycles. The number of halogens is 1. The van der Waals surface area contributed by atoms with Crippen LogP contribution in [0.15, 0.2) is 77.5 Å². The van der Waals surface area contributed by atoms with Crippen LogP contribution in [0.2, 0.25) is 5.02 Å². The molecule has 4 rings (SSSR count). The average Bonchev–Trinajstić information content (AvgIpc) is 3.37. The average molecular weight is 395 g/mol. The summed E-state index contributed by atoms with van der Waals surface area (Å²) in [6, 6.07) is 18.0. The van der Waals surface area contributed by atoms with Gasteiger partial charge < -0.3 is 9.15 Å². The highest BCUT2D eigenvalue weighted by Gasteiger charge is 2.12. The Kier molecular flexibility index (Phi) is 5.07. The van der Waals surface area contributed by atoms with Crippen LogP contribution in [0.4, 0.5) is 10.6 Å². The van der Waals surface area contributed by atoms with Gasteiger partial charge in [0.1, 0.15) is 12.3 Å². The first kappa shape index (κ1) is 17.8. The van der Waals surface area contributed by atoms with Crippen LogP contribution >= 0.6 is 11.6 Å². The summed E-state index contributed by atoms with van der Waals surface area (Å²) in [5.41, 5.74) is 1.45. The fraction of sp³-hybridized carbons (Fsp3) is 0.0500. The number of ether oxygens (including phenoxy) is 1. The molecule has 0 radical (unpaired) electrons. The molecule has 1 aromatic carbocycles. The molecule has 140 valence electrons. The molecule has 0 atom stereocenters. The topological polar surface area (TPSA) is 82.2 Å². The van der Waals surface area contributed by atoms with Crippen LogP contribution in [0, 0.1) is 0 Å². The molecule has 0 aliphatic carbocycles. The number of benzene rings is 1. The molecule has 0 bridgehead atoms. The van der Waals surface area contributed by atoms with Gasteiger partial charge in [0.2, 0.25) is 5.88 Å². The monoisotopic (exact) mass is 394 g/mol. The summed E-state index contributed by atoms with van der Waals surface area (Å²) in [5, 5.41) is 7.34. The molecule has 1 amide bonds. The fourth-order valence-corrected chi connectivity index (χ4v) is 2.74. The van der Waals surface area contributed by atoms with Gasteiger partial charge in [0.25, 0.3) is 0 Å². The number of amides is 1. The third-order valence-electron chi connectivity index (χ3n) is 3.84. The van der Waals surface area contributed by atoms with E-state index < -0.39 is 6.09 Å². The molecule has 28 heavy (non-hydrogen) atoms. The second-order valence-electron chi connectivity index (χ2n) is 5.80. The molecular weight excluding hydrogens is 380 g/mol. The van der Waals surface area contributed by atoms with Crippen LogP contribution in [0.25, 0.3) is 17.3 Å². The number of furan rings is 1. The summed E-state index contributed by atoms with van der Waals surface area (Å²) >= 11 is 6.14. The van der Waals surface area contributed by atoms with Gasteiger partial charge in [-0.2, -0.15) is 0 Å². The van der Waals surface area contributed by atoms with E-state index in [9.17, 15) is 4.79 Å². The van der Waals surface area contributed by atoms with Gasteiger partial charge in [0, 0.05) is 24.5 Å². The number of nitrogens with zero attached hydrogens (tertiary/aromatic N) is 3. The number of pyridine rings is 1. The van der Waals surface area contributed by atoms with Crippen molar-refractivity contribution in [1.82, 2.24) is 14.8 Å². The van der Waals surface area contributed by atoms with E-state index in [4.69, 9.17) is 20.8 Å². The molecule has 0 aliphatic rings. The van der Waals surface area contributed by atoms with Gasteiger partial charge in [0.15, 0.2) is 11.6 Å². The molecule has 1 N–H and O–H groups in total. The van der Waals surface area contributed by atoms with Crippen molar-refractivity contribution in [1.29, 1.82) is 0 Å². The molecular formula is C20H15ClN4O3. The standard InChI is InChI=1S/C20H15ClN4O3/c21-15-7-4-11-22-19(15)16-8-9-18(28-16)25-12-10-17(24-25)23-20(26)27-13-14-5-2-1-3-6-14/h1-12H,13H2,(H,23,24,26). The van der Waals surface area contributed by atoms with E-state index in [1.165, 1.54) is 4.68 Å². The van der Waals surface area contributed by atoms with Crippen LogP contribution in [0.1, 0.15) is 5.56 Å². The third-order valence-corrected chi connectivity index (χ3v) is 4.15. The second-order valence-corrected chi connectivity index (χ2v) is 6.21. The minimum absolute atomic E-state index is 0.180. The maximum Gasteiger partial charge on any atom is 0.413 e. The first-order valence-corrected chi connectivity index (χ1v) is 8.81. The Bertz CT molecular complexity index is 1090. The van der Waals surface area contributed by atoms with Crippen LogP contribution in [-0.2, 0) is 11.3 Å². The molecule has 7 nitrogen and oxygen atoms in total. The number of nitrogens with one attached hydrogen (secondary N) is 1. The fourth-order valence-electron chi connectivity index (χ4n) is 2.52. The molecule has 0 saturated heterocycles. The van der Waals surface area contributed by atoms with Gasteiger partial charge in [-0.15, -0.1) is 5.10 Å². The van der Waals surface area contributed by atoms with E-state index in [-0.39, 0.29) is 6.61 Å². The van der Waals surface area contributed by atoms with Gasteiger partial charge in [-0.1, -0.05) is 41.9 Å². The van der Waals surface area contributed by atoms with Crippen molar-refractivity contribution in [3.05, 3.63) is 83.6 Å². The number of carbonyl (C=O) groups is 1. The highest BCUT2D eigenvalue weighted by Crippen LogP contribution is 2.28. The Hall–Kier alpha value is -3.58. The Morgan fingerprint density at radius 1 is 1.11 bits per heavy atom. The number of hydrogen-bond donors (Lipinski definition) is 1. The lowest BCUT2D eigenvalue weighted by Gasteiger charge is -2.04. The smallest absolute Gasteiger partial charge is 0.413 e. The van der Waals surface area contributed by atoms with Crippen molar-refractivity contribution >= 4 is 23.5 Å². The summed E-state index contributed by atoms with van der Waals surface area (Å²) in [4.78, 5) is 16.1. The van der Waals surface area contributed by atoms with Crippen molar-refractivity contribution in [2.75, 3.05) is 5.32 Å². The first-order valence-electron chi connectivity index (χ1n) is 8.43. The summed E-state index contributed by atoms with van der Waals surface area (Å²) in [6.07, 6.45) is 2.71. The normalized spacial score (nSPS) is 10.6. The van der Waals surface area contributed by atoms with E-state index >= 15 is 0 Å². The largest absolute Gasteiger partial charge is 0.444 e. The Morgan fingerprint density at radius 2 is 1.96 bits per heavy atom. The molecule has 0 fully saturated rings. The molecule has 0 saturated carbocycles. The molecule has 0 unspecified atom stereocenters. The number of anilines is 1. The first-order chi connectivity index (χ1) is 13.7. The Balaban J connectivity index is 1.41. The Morgan fingerprint density at radius 3 is 2.79 bits per heavy atom. The quantitative estimate of drug-likeness (QED) is 0.519. The van der Waals surface area contributed by atoms with Gasteiger partial charge in [-0.3, -0.25) is 10.3 Å². The van der Waals surface area contributed by atoms with E-state index in [0.29, 0.717) is 28.2 Å². The second kappa shape index (κ2) is 7.98. The lowest BCUT2D eigenvalue weighted by Crippen LogP contribution is -2.14. The molecule has 0 spiro atoms. The number of hydrogen-bond acceptors (Lipinski definition) is 5. The number of aromatic nitrogens is 3. The highest BCUT2D eigenvalue weighted by atomic mass is 35.5. The minimum atomic E-state index is -0.588. The predicted octanol–water partition coefficient (Wildman–Crippen LogP) is 4.93. The van der Waals surface area contributed by atoms with Crippen LogP contribution in [0.5, 0.6) is 0 Å². The van der Waals surface area contributed by atoms with Gasteiger partial charge in [-0.05, 0) is 23.8 Å². The maximum absolute atomic E-state index is 11.9. The SMILES string of the molecule is O=C(Nc1ccn(-c2ccc(-c3ncccc3Cl)o2)n1)OCc1ccccc1. The van der Waals surface area contributed by atoms with Gasteiger partial charge in [-0.25, -0.2) is 9.48 Å². The van der Waals surface area contributed by atoms with E-state index in [1.54, 1.807) is 42.7 Å². The van der Waals surface area contributed by atoms with Crippen LogP contribution < -0.4 is 5.32 Å². The minimum Gasteiger partial charge on any atom is -0.444 e.